The van der Waals surface area contributed by atoms with Gasteiger partial charge < -0.3 is 5.11 Å². The Balaban J connectivity index is 2.51. The predicted octanol–water partition coefficient (Wildman–Crippen LogP) is 4.28. The van der Waals surface area contributed by atoms with Crippen LogP contribution in [0.3, 0.4) is 0 Å². The zero-order valence-corrected chi connectivity index (χ0v) is 10.8. The van der Waals surface area contributed by atoms with Crippen LogP contribution in [0, 0.1) is 0 Å². The van der Waals surface area contributed by atoms with E-state index in [1.807, 2.05) is 0 Å². The topological polar surface area (TPSA) is 33.1 Å². The number of rotatable bonds is 2. The van der Waals surface area contributed by atoms with Crippen LogP contribution in [-0.4, -0.2) is 10.1 Å². The van der Waals surface area contributed by atoms with E-state index in [2.05, 4.69) is 4.98 Å². The highest BCUT2D eigenvalue weighted by Gasteiger charge is 2.33. The second kappa shape index (κ2) is 5.60. The first kappa shape index (κ1) is 16.3. The third-order valence-electron chi connectivity index (χ3n) is 2.97. The van der Waals surface area contributed by atoms with E-state index in [4.69, 9.17) is 0 Å². The monoisotopic (exact) mass is 321 g/mol. The third kappa shape index (κ3) is 3.38. The molecular weight excluding hydrogens is 312 g/mol. The van der Waals surface area contributed by atoms with Crippen molar-refractivity contribution in [1.29, 1.82) is 0 Å². The van der Waals surface area contributed by atoms with Crippen LogP contribution >= 0.6 is 0 Å². The fourth-order valence-corrected chi connectivity index (χ4v) is 1.88. The van der Waals surface area contributed by atoms with Gasteiger partial charge in [-0.15, -0.1) is 0 Å². The van der Waals surface area contributed by atoms with Crippen molar-refractivity contribution in [3.63, 3.8) is 0 Å². The van der Waals surface area contributed by atoms with Crippen LogP contribution in [0.4, 0.5) is 26.3 Å². The van der Waals surface area contributed by atoms with Gasteiger partial charge in [-0.1, -0.05) is 12.1 Å². The number of pyridine rings is 1. The molecule has 8 heteroatoms. The fraction of sp³-hybridized carbons (Fsp3) is 0.214. The maximum Gasteiger partial charge on any atom is 0.433 e. The molecule has 0 amide bonds. The van der Waals surface area contributed by atoms with Crippen LogP contribution < -0.4 is 0 Å². The van der Waals surface area contributed by atoms with Gasteiger partial charge in [-0.3, -0.25) is 4.98 Å². The van der Waals surface area contributed by atoms with E-state index >= 15 is 0 Å². The molecule has 2 aromatic rings. The summed E-state index contributed by atoms with van der Waals surface area (Å²) in [6.07, 6.45) is -8.40. The zero-order chi connectivity index (χ0) is 16.5. The van der Waals surface area contributed by atoms with Crippen LogP contribution in [-0.2, 0) is 19.0 Å². The maximum atomic E-state index is 12.7. The van der Waals surface area contributed by atoms with E-state index in [9.17, 15) is 31.4 Å². The SMILES string of the molecule is OCc1ccc(C(F)(F)F)cc1-c1ccc(C(F)(F)F)nc1. The summed E-state index contributed by atoms with van der Waals surface area (Å²) in [7, 11) is 0. The van der Waals surface area contributed by atoms with Crippen molar-refractivity contribution in [2.45, 2.75) is 19.0 Å². The number of nitrogens with zero attached hydrogens (tertiary/aromatic N) is 1. The van der Waals surface area contributed by atoms with Gasteiger partial charge in [-0.25, -0.2) is 0 Å². The Kier molecular flexibility index (Phi) is 4.15. The summed E-state index contributed by atoms with van der Waals surface area (Å²) in [5.74, 6) is 0. The molecule has 0 aliphatic heterocycles. The Hall–Kier alpha value is -2.09. The van der Waals surface area contributed by atoms with E-state index in [1.54, 1.807) is 0 Å². The number of aliphatic hydroxyl groups is 1. The number of halogens is 6. The number of aromatic nitrogens is 1. The standard InChI is InChI=1S/C14H9F6NO/c15-13(16,17)10-3-1-9(7-22)11(5-10)8-2-4-12(21-6-8)14(18,19)20/h1-6,22H,7H2. The van der Waals surface area contributed by atoms with E-state index in [1.165, 1.54) is 0 Å². The van der Waals surface area contributed by atoms with E-state index in [0.717, 1.165) is 30.5 Å². The first-order valence-electron chi connectivity index (χ1n) is 5.97. The zero-order valence-electron chi connectivity index (χ0n) is 10.8. The van der Waals surface area contributed by atoms with E-state index < -0.39 is 30.2 Å². The molecule has 0 unspecified atom stereocenters. The van der Waals surface area contributed by atoms with Crippen LogP contribution in [0.15, 0.2) is 36.5 Å². The highest BCUT2D eigenvalue weighted by molar-refractivity contribution is 5.67. The van der Waals surface area contributed by atoms with Crippen LogP contribution in [0.25, 0.3) is 11.1 Å². The minimum atomic E-state index is -4.63. The van der Waals surface area contributed by atoms with Crippen molar-refractivity contribution in [1.82, 2.24) is 4.98 Å². The van der Waals surface area contributed by atoms with Gasteiger partial charge in [0.1, 0.15) is 5.69 Å². The number of alkyl halides is 6. The Labute approximate surface area is 121 Å². The van der Waals surface area contributed by atoms with Crippen molar-refractivity contribution in [2.75, 3.05) is 0 Å². The van der Waals surface area contributed by atoms with Crippen molar-refractivity contribution in [3.05, 3.63) is 53.3 Å². The van der Waals surface area contributed by atoms with Crippen LogP contribution in [0.1, 0.15) is 16.8 Å². The molecule has 2 nitrogen and oxygen atoms in total. The third-order valence-corrected chi connectivity index (χ3v) is 2.97. The molecule has 118 valence electrons. The summed E-state index contributed by atoms with van der Waals surface area (Å²) in [5, 5.41) is 9.18. The molecule has 22 heavy (non-hydrogen) atoms. The van der Waals surface area contributed by atoms with Crippen molar-refractivity contribution in [2.24, 2.45) is 0 Å². The fourth-order valence-electron chi connectivity index (χ4n) is 1.88. The number of hydrogen-bond donors (Lipinski definition) is 1. The summed E-state index contributed by atoms with van der Waals surface area (Å²) in [6, 6.07) is 4.35. The number of hydrogen-bond acceptors (Lipinski definition) is 2. The second-order valence-electron chi connectivity index (χ2n) is 4.46. The lowest BCUT2D eigenvalue weighted by atomic mass is 9.98. The molecule has 0 saturated heterocycles. The first-order valence-corrected chi connectivity index (χ1v) is 5.97. The van der Waals surface area contributed by atoms with Gasteiger partial charge in [0.05, 0.1) is 12.2 Å². The molecule has 1 heterocycles. The molecule has 0 aliphatic carbocycles. The van der Waals surface area contributed by atoms with Gasteiger partial charge >= 0.3 is 12.4 Å². The molecule has 0 bridgehead atoms. The lowest BCUT2D eigenvalue weighted by Gasteiger charge is -2.13. The molecule has 0 spiro atoms. The summed E-state index contributed by atoms with van der Waals surface area (Å²) < 4.78 is 75.4. The molecule has 0 saturated carbocycles. The maximum absolute atomic E-state index is 12.7. The van der Waals surface area contributed by atoms with Gasteiger partial charge in [0.2, 0.25) is 0 Å². The summed E-state index contributed by atoms with van der Waals surface area (Å²) in [4.78, 5) is 3.21. The van der Waals surface area contributed by atoms with Gasteiger partial charge in [0.25, 0.3) is 0 Å². The largest absolute Gasteiger partial charge is 0.433 e. The molecule has 0 radical (unpaired) electrons. The van der Waals surface area contributed by atoms with E-state index in [-0.39, 0.29) is 16.7 Å². The molecule has 1 aromatic carbocycles. The average molecular weight is 321 g/mol. The minimum absolute atomic E-state index is 0.0152. The molecule has 1 aromatic heterocycles. The van der Waals surface area contributed by atoms with Gasteiger partial charge in [0.15, 0.2) is 0 Å². The smallest absolute Gasteiger partial charge is 0.392 e. The molecule has 0 fully saturated rings. The average Bonchev–Trinajstić information content (AvgIpc) is 2.45. The predicted molar refractivity (Wildman–Crippen MR) is 65.6 cm³/mol. The Morgan fingerprint density at radius 2 is 1.59 bits per heavy atom. The molecular formula is C14H9F6NO. The van der Waals surface area contributed by atoms with Crippen molar-refractivity contribution >= 4 is 0 Å². The summed E-state index contributed by atoms with van der Waals surface area (Å²) in [5.41, 5.74) is -1.90. The van der Waals surface area contributed by atoms with Crippen LogP contribution in [0.2, 0.25) is 0 Å². The molecule has 2 rings (SSSR count). The lowest BCUT2D eigenvalue weighted by Crippen LogP contribution is -2.08. The second-order valence-corrected chi connectivity index (χ2v) is 4.46. The van der Waals surface area contributed by atoms with E-state index in [0.29, 0.717) is 6.07 Å². The van der Waals surface area contributed by atoms with Crippen LogP contribution in [0.5, 0.6) is 0 Å². The number of benzene rings is 1. The Morgan fingerprint density at radius 3 is 2.05 bits per heavy atom. The van der Waals surface area contributed by atoms with Crippen molar-refractivity contribution < 1.29 is 31.4 Å². The normalized spacial score (nSPS) is 12.5. The summed E-state index contributed by atoms with van der Waals surface area (Å²) >= 11 is 0. The quantitative estimate of drug-likeness (QED) is 0.838. The first-order chi connectivity index (χ1) is 10.1. The summed E-state index contributed by atoms with van der Waals surface area (Å²) in [6.45, 7) is -0.547. The van der Waals surface area contributed by atoms with Gasteiger partial charge in [-0.05, 0) is 29.3 Å². The molecule has 1 N–H and O–H groups in total. The Bertz CT molecular complexity index is 661. The lowest BCUT2D eigenvalue weighted by molar-refractivity contribution is -0.141. The van der Waals surface area contributed by atoms with Gasteiger partial charge in [-0.2, -0.15) is 26.3 Å². The highest BCUT2D eigenvalue weighted by Crippen LogP contribution is 2.35. The number of aliphatic hydroxyl groups excluding tert-OH is 1. The minimum Gasteiger partial charge on any atom is -0.392 e. The van der Waals surface area contributed by atoms with Gasteiger partial charge in [0, 0.05) is 11.8 Å². The van der Waals surface area contributed by atoms with Crippen molar-refractivity contribution in [3.8, 4) is 11.1 Å². The Morgan fingerprint density at radius 1 is 0.909 bits per heavy atom. The highest BCUT2D eigenvalue weighted by atomic mass is 19.4. The molecule has 0 aliphatic rings. The molecule has 0 atom stereocenters.